The molecule has 0 aliphatic heterocycles. The smallest absolute Gasteiger partial charge is 0.253 e. The lowest BCUT2D eigenvalue weighted by Crippen LogP contribution is -2.18. The monoisotopic (exact) mass is 398 g/mol. The normalized spacial score (nSPS) is 15.1. The van der Waals surface area contributed by atoms with Gasteiger partial charge in [-0.15, -0.1) is 0 Å². The Morgan fingerprint density at radius 3 is 2.61 bits per heavy atom. The SMILES string of the molecule is CCc1nc2c(NS(C)=O)cc(-c3cc(C)c(=O)n(C)c3)cc2n1CC1CC1. The third-order valence-electron chi connectivity index (χ3n) is 5.34. The minimum Gasteiger partial charge on any atom is -0.328 e. The maximum Gasteiger partial charge on any atom is 0.253 e. The molecular formula is C21H26N4O2S. The highest BCUT2D eigenvalue weighted by Crippen LogP contribution is 2.36. The highest BCUT2D eigenvalue weighted by Gasteiger charge is 2.25. The number of benzene rings is 1. The Morgan fingerprint density at radius 2 is 2.00 bits per heavy atom. The van der Waals surface area contributed by atoms with Crippen LogP contribution in [0.4, 0.5) is 5.69 Å². The zero-order valence-electron chi connectivity index (χ0n) is 16.8. The minimum atomic E-state index is -1.20. The molecule has 2 heterocycles. The first-order valence-corrected chi connectivity index (χ1v) is 11.2. The Balaban J connectivity index is 1.96. The highest BCUT2D eigenvalue weighted by molar-refractivity contribution is 7.85. The molecule has 1 aromatic carbocycles. The first-order chi connectivity index (χ1) is 13.4. The van der Waals surface area contributed by atoms with E-state index in [4.69, 9.17) is 4.98 Å². The number of hydrogen-bond donors (Lipinski definition) is 1. The summed E-state index contributed by atoms with van der Waals surface area (Å²) in [4.78, 5) is 17.0. The van der Waals surface area contributed by atoms with Crippen molar-refractivity contribution in [3.63, 3.8) is 0 Å². The summed E-state index contributed by atoms with van der Waals surface area (Å²) in [5.74, 6) is 1.78. The van der Waals surface area contributed by atoms with Gasteiger partial charge < -0.3 is 13.9 Å². The zero-order chi connectivity index (χ0) is 20.0. The third kappa shape index (κ3) is 3.51. The van der Waals surface area contributed by atoms with Crippen LogP contribution in [0, 0.1) is 12.8 Å². The zero-order valence-corrected chi connectivity index (χ0v) is 17.6. The molecule has 2 aromatic heterocycles. The Labute approximate surface area is 167 Å². The second kappa shape index (κ2) is 7.20. The predicted octanol–water partition coefficient (Wildman–Crippen LogP) is 3.39. The van der Waals surface area contributed by atoms with Gasteiger partial charge in [0.15, 0.2) is 0 Å². The number of rotatable bonds is 6. The summed E-state index contributed by atoms with van der Waals surface area (Å²) in [6.45, 7) is 4.92. The van der Waals surface area contributed by atoms with Gasteiger partial charge in [0.05, 0.1) is 11.2 Å². The second-order valence-electron chi connectivity index (χ2n) is 7.71. The topological polar surface area (TPSA) is 68.9 Å². The van der Waals surface area contributed by atoms with E-state index in [-0.39, 0.29) is 5.56 Å². The van der Waals surface area contributed by atoms with E-state index in [1.165, 1.54) is 12.8 Å². The van der Waals surface area contributed by atoms with Crippen molar-refractivity contribution in [1.29, 1.82) is 0 Å². The molecule has 3 aromatic rings. The number of hydrogen-bond acceptors (Lipinski definition) is 3. The van der Waals surface area contributed by atoms with Crippen molar-refractivity contribution in [1.82, 2.24) is 14.1 Å². The lowest BCUT2D eigenvalue weighted by Gasteiger charge is -2.12. The fourth-order valence-electron chi connectivity index (χ4n) is 3.74. The molecule has 0 spiro atoms. The maximum absolute atomic E-state index is 12.1. The lowest BCUT2D eigenvalue weighted by atomic mass is 10.0. The molecule has 7 heteroatoms. The van der Waals surface area contributed by atoms with Crippen LogP contribution in [0.2, 0.25) is 0 Å². The lowest BCUT2D eigenvalue weighted by molar-refractivity contribution is 0.614. The van der Waals surface area contributed by atoms with Crippen molar-refractivity contribution in [3.05, 3.63) is 46.1 Å². The van der Waals surface area contributed by atoms with Crippen LogP contribution in [0.3, 0.4) is 0 Å². The van der Waals surface area contributed by atoms with E-state index in [0.717, 1.165) is 52.6 Å². The van der Waals surface area contributed by atoms with E-state index < -0.39 is 11.0 Å². The van der Waals surface area contributed by atoms with Gasteiger partial charge in [0, 0.05) is 38.0 Å². The van der Waals surface area contributed by atoms with Gasteiger partial charge in [-0.05, 0) is 55.0 Å². The molecule has 1 unspecified atom stereocenters. The minimum absolute atomic E-state index is 0.00452. The standard InChI is InChI=1S/C21H26N4O2S/c1-5-19-22-20-17(23-28(4)27)9-15(10-18(20)25(19)11-14-6-7-14)16-8-13(2)21(26)24(3)12-16/h8-10,12,14,23H,5-7,11H2,1-4H3. The summed E-state index contributed by atoms with van der Waals surface area (Å²) in [7, 11) is 0.566. The van der Waals surface area contributed by atoms with Gasteiger partial charge in [-0.25, -0.2) is 9.19 Å². The van der Waals surface area contributed by atoms with E-state index in [1.807, 2.05) is 25.3 Å². The largest absolute Gasteiger partial charge is 0.328 e. The van der Waals surface area contributed by atoms with Gasteiger partial charge in [0.25, 0.3) is 5.56 Å². The molecule has 0 radical (unpaired) electrons. The molecule has 0 amide bonds. The number of fused-ring (bicyclic) bond motifs is 1. The van der Waals surface area contributed by atoms with Crippen LogP contribution in [-0.4, -0.2) is 24.6 Å². The summed E-state index contributed by atoms with van der Waals surface area (Å²) >= 11 is 0. The van der Waals surface area contributed by atoms with Crippen molar-refractivity contribution in [2.75, 3.05) is 11.0 Å². The number of nitrogens with one attached hydrogen (secondary N) is 1. The first kappa shape index (κ1) is 18.9. The molecule has 148 valence electrons. The average Bonchev–Trinajstić information content (AvgIpc) is 3.39. The molecule has 1 atom stereocenters. The number of aromatic nitrogens is 3. The van der Waals surface area contributed by atoms with Crippen molar-refractivity contribution >= 4 is 27.7 Å². The first-order valence-electron chi connectivity index (χ1n) is 9.68. The summed E-state index contributed by atoms with van der Waals surface area (Å²) in [6, 6.07) is 6.04. The molecule has 0 bridgehead atoms. The molecular weight excluding hydrogens is 372 g/mol. The fraction of sp³-hybridized carbons (Fsp3) is 0.429. The molecule has 1 saturated carbocycles. The molecule has 1 N–H and O–H groups in total. The quantitative estimate of drug-likeness (QED) is 0.692. The molecule has 28 heavy (non-hydrogen) atoms. The van der Waals surface area contributed by atoms with Crippen LogP contribution in [-0.2, 0) is 31.0 Å². The van der Waals surface area contributed by atoms with Gasteiger partial charge in [0.1, 0.15) is 22.3 Å². The van der Waals surface area contributed by atoms with Crippen molar-refractivity contribution in [2.45, 2.75) is 39.7 Å². The van der Waals surface area contributed by atoms with Gasteiger partial charge in [-0.1, -0.05) is 6.92 Å². The number of pyridine rings is 1. The van der Waals surface area contributed by atoms with Gasteiger partial charge in [-0.2, -0.15) is 0 Å². The Morgan fingerprint density at radius 1 is 1.25 bits per heavy atom. The van der Waals surface area contributed by atoms with Gasteiger partial charge >= 0.3 is 0 Å². The van der Waals surface area contributed by atoms with E-state index in [0.29, 0.717) is 5.56 Å². The van der Waals surface area contributed by atoms with Crippen LogP contribution in [0.25, 0.3) is 22.2 Å². The summed E-state index contributed by atoms with van der Waals surface area (Å²) in [6.07, 6.45) is 6.87. The molecule has 1 aliphatic carbocycles. The predicted molar refractivity (Wildman–Crippen MR) is 115 cm³/mol. The van der Waals surface area contributed by atoms with Gasteiger partial charge in [-0.3, -0.25) is 4.79 Å². The van der Waals surface area contributed by atoms with E-state index >= 15 is 0 Å². The summed E-state index contributed by atoms with van der Waals surface area (Å²) in [5.41, 5.74) is 5.34. The van der Waals surface area contributed by atoms with Crippen LogP contribution >= 0.6 is 0 Å². The molecule has 1 aliphatic rings. The van der Waals surface area contributed by atoms with Crippen molar-refractivity contribution in [3.8, 4) is 11.1 Å². The maximum atomic E-state index is 12.1. The van der Waals surface area contributed by atoms with E-state index in [1.54, 1.807) is 17.9 Å². The van der Waals surface area contributed by atoms with Crippen molar-refractivity contribution in [2.24, 2.45) is 13.0 Å². The second-order valence-corrected chi connectivity index (χ2v) is 8.82. The van der Waals surface area contributed by atoms with Crippen LogP contribution < -0.4 is 10.3 Å². The van der Waals surface area contributed by atoms with E-state index in [2.05, 4.69) is 22.3 Å². The van der Waals surface area contributed by atoms with Crippen LogP contribution in [0.15, 0.2) is 29.2 Å². The molecule has 1 fully saturated rings. The average molecular weight is 399 g/mol. The Hall–Kier alpha value is -2.41. The third-order valence-corrected chi connectivity index (χ3v) is 5.84. The number of anilines is 1. The molecule has 4 rings (SSSR count). The molecule has 6 nitrogen and oxygen atoms in total. The number of aryl methyl sites for hydroxylation is 3. The van der Waals surface area contributed by atoms with Gasteiger partial charge in [0.2, 0.25) is 0 Å². The number of imidazole rings is 1. The Kier molecular flexibility index (Phi) is 4.87. The summed E-state index contributed by atoms with van der Waals surface area (Å²) < 4.78 is 18.9. The van der Waals surface area contributed by atoms with Crippen LogP contribution in [0.1, 0.15) is 31.2 Å². The van der Waals surface area contributed by atoms with E-state index in [9.17, 15) is 9.00 Å². The summed E-state index contributed by atoms with van der Waals surface area (Å²) in [5, 5.41) is 0. The number of nitrogens with zero attached hydrogens (tertiary/aromatic N) is 3. The fourth-order valence-corrected chi connectivity index (χ4v) is 4.20. The Bertz CT molecular complexity index is 1120. The highest BCUT2D eigenvalue weighted by atomic mass is 32.2. The van der Waals surface area contributed by atoms with Crippen LogP contribution in [0.5, 0.6) is 0 Å². The van der Waals surface area contributed by atoms with Crippen molar-refractivity contribution < 1.29 is 4.21 Å². The molecule has 0 saturated heterocycles.